The van der Waals surface area contributed by atoms with Crippen molar-refractivity contribution in [2.24, 2.45) is 0 Å². The molecule has 0 saturated heterocycles. The molecular weight excluding hydrogens is 691 g/mol. The highest BCUT2D eigenvalue weighted by Crippen LogP contribution is 2.40. The predicted octanol–water partition coefficient (Wildman–Crippen LogP) is 12.7. The molecule has 3 heterocycles. The van der Waals surface area contributed by atoms with Crippen molar-refractivity contribution in [2.75, 3.05) is 0 Å². The highest BCUT2D eigenvalue weighted by atomic mass is 32.1. The molecule has 10 rings (SSSR count). The van der Waals surface area contributed by atoms with Gasteiger partial charge < -0.3 is 0 Å². The summed E-state index contributed by atoms with van der Waals surface area (Å²) in [5.41, 5.74) is 11.2. The van der Waals surface area contributed by atoms with Crippen LogP contribution in [0.5, 0.6) is 0 Å². The second-order valence-electron chi connectivity index (χ2n) is 13.3. The Hall–Kier alpha value is -7.15. The Morgan fingerprint density at radius 3 is 1.20 bits per heavy atom. The highest BCUT2D eigenvalue weighted by Gasteiger charge is 2.17. The fourth-order valence-corrected chi connectivity index (χ4v) is 8.16. The van der Waals surface area contributed by atoms with Crippen LogP contribution in [0.4, 0.5) is 0 Å². The van der Waals surface area contributed by atoms with Gasteiger partial charge in [-0.2, -0.15) is 0 Å². The minimum atomic E-state index is 0.628. The van der Waals surface area contributed by atoms with Crippen LogP contribution in [-0.2, 0) is 0 Å². The first kappa shape index (κ1) is 32.5. The maximum absolute atomic E-state index is 5.21. The molecule has 3 aromatic heterocycles. The molecule has 7 aromatic carbocycles. The topological polar surface area (TPSA) is 64.5 Å². The van der Waals surface area contributed by atoms with Gasteiger partial charge in [0.15, 0.2) is 23.3 Å². The lowest BCUT2D eigenvalue weighted by atomic mass is 9.97. The van der Waals surface area contributed by atoms with Gasteiger partial charge >= 0.3 is 0 Å². The van der Waals surface area contributed by atoms with Gasteiger partial charge in [-0.25, -0.2) is 24.9 Å². The average molecular weight is 722 g/mol. The van der Waals surface area contributed by atoms with E-state index in [1.165, 1.54) is 4.70 Å². The summed E-state index contributed by atoms with van der Waals surface area (Å²) in [4.78, 5) is 25.2. The van der Waals surface area contributed by atoms with E-state index in [4.69, 9.17) is 24.9 Å². The average Bonchev–Trinajstić information content (AvgIpc) is 3.66. The maximum atomic E-state index is 5.21. The summed E-state index contributed by atoms with van der Waals surface area (Å²) >= 11 is 1.75. The minimum absolute atomic E-state index is 0.628. The van der Waals surface area contributed by atoms with Gasteiger partial charge in [-0.3, -0.25) is 0 Å². The van der Waals surface area contributed by atoms with Gasteiger partial charge in [0.2, 0.25) is 0 Å². The van der Waals surface area contributed by atoms with E-state index in [0.717, 1.165) is 71.4 Å². The fraction of sp³-hybridized carbons (Fsp3) is 0. The van der Waals surface area contributed by atoms with E-state index in [0.29, 0.717) is 23.3 Å². The minimum Gasteiger partial charge on any atom is -0.226 e. The molecular formula is C49H31N5S. The fourth-order valence-electron chi connectivity index (χ4n) is 7.00. The van der Waals surface area contributed by atoms with Crippen molar-refractivity contribution in [3.8, 4) is 79.1 Å². The molecule has 10 aromatic rings. The number of fused-ring (bicyclic) bond motifs is 3. The Morgan fingerprint density at radius 2 is 0.673 bits per heavy atom. The van der Waals surface area contributed by atoms with Crippen molar-refractivity contribution >= 4 is 31.6 Å². The molecule has 0 N–H and O–H groups in total. The second-order valence-corrected chi connectivity index (χ2v) is 14.4. The van der Waals surface area contributed by atoms with Crippen LogP contribution < -0.4 is 0 Å². The molecule has 0 aliphatic rings. The predicted molar refractivity (Wildman–Crippen MR) is 226 cm³/mol. The van der Waals surface area contributed by atoms with Crippen molar-refractivity contribution < 1.29 is 0 Å². The molecule has 0 spiro atoms. The van der Waals surface area contributed by atoms with Gasteiger partial charge in [0.1, 0.15) is 0 Å². The van der Waals surface area contributed by atoms with Crippen molar-refractivity contribution in [2.45, 2.75) is 0 Å². The Bertz CT molecular complexity index is 2920. The molecule has 6 heteroatoms. The molecule has 5 nitrogen and oxygen atoms in total. The van der Waals surface area contributed by atoms with Crippen LogP contribution in [0.3, 0.4) is 0 Å². The highest BCUT2D eigenvalue weighted by molar-refractivity contribution is 7.26. The van der Waals surface area contributed by atoms with Crippen molar-refractivity contribution in [1.29, 1.82) is 0 Å². The summed E-state index contributed by atoms with van der Waals surface area (Å²) < 4.78 is 2.31. The first-order valence-corrected chi connectivity index (χ1v) is 19.0. The van der Waals surface area contributed by atoms with Crippen LogP contribution in [0.2, 0.25) is 0 Å². The van der Waals surface area contributed by atoms with E-state index >= 15 is 0 Å². The first-order valence-electron chi connectivity index (χ1n) is 18.2. The number of hydrogen-bond donors (Lipinski definition) is 0. The zero-order chi connectivity index (χ0) is 36.6. The number of aromatic nitrogens is 5. The third-order valence-electron chi connectivity index (χ3n) is 9.74. The number of rotatable bonds is 7. The summed E-state index contributed by atoms with van der Waals surface area (Å²) in [6.45, 7) is 0. The van der Waals surface area contributed by atoms with Crippen LogP contribution in [0.15, 0.2) is 188 Å². The van der Waals surface area contributed by atoms with Gasteiger partial charge in [0.25, 0.3) is 0 Å². The first-order chi connectivity index (χ1) is 27.2. The summed E-state index contributed by atoms with van der Waals surface area (Å²) in [5.74, 6) is 2.62. The Balaban J connectivity index is 1.03. The Kier molecular flexibility index (Phi) is 8.28. The summed E-state index contributed by atoms with van der Waals surface area (Å²) in [6.07, 6.45) is 0. The lowest BCUT2D eigenvalue weighted by molar-refractivity contribution is 1.07. The standard InChI is InChI=1S/C49H31N5S/c1-4-15-32(16-5-1)43-45-44(41-27-10-11-28-42(41)55-45)51-48(50-43)39-25-13-23-37(30-39)35-21-12-22-36(29-35)38-24-14-26-40(31-38)49-53-46(33-17-6-2-7-18-33)52-47(54-49)34-19-8-3-9-20-34/h1-31H. The maximum Gasteiger partial charge on any atom is 0.164 e. The third-order valence-corrected chi connectivity index (χ3v) is 10.9. The number of hydrogen-bond acceptors (Lipinski definition) is 6. The van der Waals surface area contributed by atoms with Gasteiger partial charge in [-0.05, 0) is 46.5 Å². The van der Waals surface area contributed by atoms with Crippen LogP contribution in [-0.4, -0.2) is 24.9 Å². The van der Waals surface area contributed by atoms with Gasteiger partial charge in [0.05, 0.1) is 15.9 Å². The Morgan fingerprint density at radius 1 is 0.291 bits per heavy atom. The Labute approximate surface area is 322 Å². The van der Waals surface area contributed by atoms with E-state index in [1.807, 2.05) is 66.7 Å². The molecule has 0 aliphatic heterocycles. The van der Waals surface area contributed by atoms with Gasteiger partial charge in [-0.1, -0.05) is 164 Å². The molecule has 0 amide bonds. The van der Waals surface area contributed by atoms with Gasteiger partial charge in [-0.15, -0.1) is 11.3 Å². The SMILES string of the molecule is c1ccc(-c2nc(-c3ccccc3)nc(-c3cccc(-c4cccc(-c5cccc(-c6nc(-c7ccccc7)c7sc8ccccc8c7n6)c5)c4)c3)n2)cc1. The van der Waals surface area contributed by atoms with Crippen molar-refractivity contribution in [1.82, 2.24) is 24.9 Å². The molecule has 0 bridgehead atoms. The smallest absolute Gasteiger partial charge is 0.164 e. The van der Waals surface area contributed by atoms with E-state index in [9.17, 15) is 0 Å². The van der Waals surface area contributed by atoms with E-state index in [2.05, 4.69) is 121 Å². The van der Waals surface area contributed by atoms with E-state index < -0.39 is 0 Å². The van der Waals surface area contributed by atoms with Gasteiger partial charge in [0, 0.05) is 37.9 Å². The summed E-state index contributed by atoms with van der Waals surface area (Å²) in [5, 5.41) is 1.15. The molecule has 258 valence electrons. The van der Waals surface area contributed by atoms with Crippen molar-refractivity contribution in [3.05, 3.63) is 188 Å². The summed E-state index contributed by atoms with van der Waals surface area (Å²) in [7, 11) is 0. The van der Waals surface area contributed by atoms with Crippen LogP contribution in [0.1, 0.15) is 0 Å². The summed E-state index contributed by atoms with van der Waals surface area (Å²) in [6, 6.07) is 64.6. The van der Waals surface area contributed by atoms with E-state index in [1.54, 1.807) is 11.3 Å². The molecule has 0 fully saturated rings. The number of nitrogens with zero attached hydrogens (tertiary/aromatic N) is 5. The second kappa shape index (κ2) is 14.0. The lowest BCUT2D eigenvalue weighted by Gasteiger charge is -2.11. The molecule has 0 atom stereocenters. The number of thiophene rings is 1. The third kappa shape index (κ3) is 6.35. The monoisotopic (exact) mass is 721 g/mol. The molecule has 55 heavy (non-hydrogen) atoms. The van der Waals surface area contributed by atoms with Crippen LogP contribution in [0.25, 0.3) is 99.4 Å². The van der Waals surface area contributed by atoms with Crippen LogP contribution in [0, 0.1) is 0 Å². The quantitative estimate of drug-likeness (QED) is 0.164. The lowest BCUT2D eigenvalue weighted by Crippen LogP contribution is -2.00. The van der Waals surface area contributed by atoms with E-state index in [-0.39, 0.29) is 0 Å². The largest absolute Gasteiger partial charge is 0.226 e. The van der Waals surface area contributed by atoms with Crippen molar-refractivity contribution in [3.63, 3.8) is 0 Å². The molecule has 0 saturated carbocycles. The number of benzene rings is 7. The molecule has 0 radical (unpaired) electrons. The molecule has 0 aliphatic carbocycles. The zero-order valence-electron chi connectivity index (χ0n) is 29.5. The normalized spacial score (nSPS) is 11.3. The van der Waals surface area contributed by atoms with Crippen LogP contribution >= 0.6 is 11.3 Å². The molecule has 0 unspecified atom stereocenters. The zero-order valence-corrected chi connectivity index (χ0v) is 30.4.